The number of nitrogens with zero attached hydrogens (tertiary/aromatic N) is 2. The molecule has 0 aliphatic carbocycles. The van der Waals surface area contributed by atoms with Gasteiger partial charge in [-0.05, 0) is 20.2 Å². The summed E-state index contributed by atoms with van der Waals surface area (Å²) in [4.78, 5) is 22.8. The Morgan fingerprint density at radius 3 is 2.67 bits per heavy atom. The van der Waals surface area contributed by atoms with Crippen LogP contribution < -0.4 is 4.74 Å². The third kappa shape index (κ3) is 3.70. The number of carbonyl (C=O) groups is 1. The van der Waals surface area contributed by atoms with E-state index in [9.17, 15) is 14.9 Å². The van der Waals surface area contributed by atoms with Gasteiger partial charge >= 0.3 is 11.7 Å². The fourth-order valence-corrected chi connectivity index (χ4v) is 1.25. The molecule has 18 heavy (non-hydrogen) atoms. The SMILES string of the molecule is CN(C)CCOc1cc(C(=O)O)ccc1[N+](=O)[O-]. The zero-order valence-corrected chi connectivity index (χ0v) is 10.1. The van der Waals surface area contributed by atoms with Gasteiger partial charge in [0.2, 0.25) is 0 Å². The lowest BCUT2D eigenvalue weighted by Gasteiger charge is -2.11. The second-order valence-electron chi connectivity index (χ2n) is 3.90. The highest BCUT2D eigenvalue weighted by molar-refractivity contribution is 5.88. The molecule has 0 aromatic heterocycles. The van der Waals surface area contributed by atoms with Crippen molar-refractivity contribution in [2.45, 2.75) is 0 Å². The number of hydrogen-bond acceptors (Lipinski definition) is 5. The van der Waals surface area contributed by atoms with E-state index in [0.29, 0.717) is 6.54 Å². The predicted octanol–water partition coefficient (Wildman–Crippen LogP) is 1.23. The van der Waals surface area contributed by atoms with Crippen molar-refractivity contribution in [3.05, 3.63) is 33.9 Å². The molecule has 1 rings (SSSR count). The van der Waals surface area contributed by atoms with E-state index in [-0.39, 0.29) is 23.6 Å². The lowest BCUT2D eigenvalue weighted by molar-refractivity contribution is -0.385. The first kappa shape index (κ1) is 13.9. The first-order valence-electron chi connectivity index (χ1n) is 5.21. The molecule has 1 aromatic rings. The van der Waals surface area contributed by atoms with Gasteiger partial charge in [0, 0.05) is 18.7 Å². The molecule has 0 spiro atoms. The number of hydrogen-bond donors (Lipinski definition) is 1. The number of nitro groups is 1. The molecular formula is C11H14N2O5. The van der Waals surface area contributed by atoms with Crippen molar-refractivity contribution in [2.75, 3.05) is 27.2 Å². The summed E-state index contributed by atoms with van der Waals surface area (Å²) < 4.78 is 5.25. The number of likely N-dealkylation sites (N-methyl/N-ethyl adjacent to an activating group) is 1. The molecule has 0 radical (unpaired) electrons. The lowest BCUT2D eigenvalue weighted by atomic mass is 10.2. The Hall–Kier alpha value is -2.15. The summed E-state index contributed by atoms with van der Waals surface area (Å²) in [6.07, 6.45) is 0. The Kier molecular flexibility index (Phi) is 4.61. The second kappa shape index (κ2) is 5.97. The molecule has 0 heterocycles. The monoisotopic (exact) mass is 254 g/mol. The molecule has 7 heteroatoms. The van der Waals surface area contributed by atoms with Crippen molar-refractivity contribution in [1.82, 2.24) is 4.90 Å². The van der Waals surface area contributed by atoms with Crippen LogP contribution in [0.3, 0.4) is 0 Å². The van der Waals surface area contributed by atoms with E-state index in [1.165, 1.54) is 6.07 Å². The van der Waals surface area contributed by atoms with Crippen LogP contribution in [0.2, 0.25) is 0 Å². The number of aromatic carboxylic acids is 1. The fourth-order valence-electron chi connectivity index (χ4n) is 1.25. The molecule has 7 nitrogen and oxygen atoms in total. The summed E-state index contributed by atoms with van der Waals surface area (Å²) >= 11 is 0. The van der Waals surface area contributed by atoms with Gasteiger partial charge in [-0.3, -0.25) is 10.1 Å². The largest absolute Gasteiger partial charge is 0.485 e. The van der Waals surface area contributed by atoms with E-state index in [1.807, 2.05) is 19.0 Å². The number of carboxylic acids is 1. The van der Waals surface area contributed by atoms with Crippen LogP contribution in [0.4, 0.5) is 5.69 Å². The maximum atomic E-state index is 10.8. The zero-order chi connectivity index (χ0) is 13.7. The van der Waals surface area contributed by atoms with Gasteiger partial charge < -0.3 is 14.7 Å². The highest BCUT2D eigenvalue weighted by Gasteiger charge is 2.17. The van der Waals surface area contributed by atoms with Crippen molar-refractivity contribution < 1.29 is 19.6 Å². The van der Waals surface area contributed by atoms with E-state index in [4.69, 9.17) is 9.84 Å². The first-order chi connectivity index (χ1) is 8.41. The van der Waals surface area contributed by atoms with Gasteiger partial charge in [-0.1, -0.05) is 0 Å². The molecule has 0 fully saturated rings. The Labute approximate surface area is 104 Å². The van der Waals surface area contributed by atoms with Crippen molar-refractivity contribution in [3.8, 4) is 5.75 Å². The van der Waals surface area contributed by atoms with Gasteiger partial charge in [0.05, 0.1) is 10.5 Å². The normalized spacial score (nSPS) is 10.4. The van der Waals surface area contributed by atoms with E-state index in [0.717, 1.165) is 12.1 Å². The van der Waals surface area contributed by atoms with Gasteiger partial charge in [-0.15, -0.1) is 0 Å². The lowest BCUT2D eigenvalue weighted by Crippen LogP contribution is -2.19. The molecule has 0 bridgehead atoms. The molecular weight excluding hydrogens is 240 g/mol. The van der Waals surface area contributed by atoms with Crippen LogP contribution in [0.1, 0.15) is 10.4 Å². The first-order valence-corrected chi connectivity index (χ1v) is 5.21. The summed E-state index contributed by atoms with van der Waals surface area (Å²) in [5.41, 5.74) is -0.279. The van der Waals surface area contributed by atoms with E-state index < -0.39 is 10.9 Å². The molecule has 98 valence electrons. The third-order valence-electron chi connectivity index (χ3n) is 2.20. The van der Waals surface area contributed by atoms with Crippen LogP contribution in [-0.2, 0) is 0 Å². The molecule has 1 aromatic carbocycles. The Balaban J connectivity index is 2.93. The van der Waals surface area contributed by atoms with Crippen LogP contribution in [0.25, 0.3) is 0 Å². The molecule has 0 aliphatic heterocycles. The minimum Gasteiger partial charge on any atom is -0.485 e. The van der Waals surface area contributed by atoms with Gasteiger partial charge in [-0.2, -0.15) is 0 Å². The molecule has 0 unspecified atom stereocenters. The number of benzene rings is 1. The average molecular weight is 254 g/mol. The number of ether oxygens (including phenoxy) is 1. The topological polar surface area (TPSA) is 92.9 Å². The van der Waals surface area contributed by atoms with Gasteiger partial charge in [0.15, 0.2) is 5.75 Å². The summed E-state index contributed by atoms with van der Waals surface area (Å²) in [6, 6.07) is 3.48. The summed E-state index contributed by atoms with van der Waals surface area (Å²) in [5, 5.41) is 19.6. The van der Waals surface area contributed by atoms with E-state index in [2.05, 4.69) is 0 Å². The van der Waals surface area contributed by atoms with Crippen molar-refractivity contribution in [3.63, 3.8) is 0 Å². The molecule has 0 saturated carbocycles. The van der Waals surface area contributed by atoms with Gasteiger partial charge in [0.25, 0.3) is 0 Å². The Morgan fingerprint density at radius 1 is 1.50 bits per heavy atom. The summed E-state index contributed by atoms with van der Waals surface area (Å²) in [7, 11) is 3.68. The highest BCUT2D eigenvalue weighted by Crippen LogP contribution is 2.27. The van der Waals surface area contributed by atoms with Crippen molar-refractivity contribution in [1.29, 1.82) is 0 Å². The highest BCUT2D eigenvalue weighted by atomic mass is 16.6. The van der Waals surface area contributed by atoms with Crippen LogP contribution in [-0.4, -0.2) is 48.1 Å². The summed E-state index contributed by atoms with van der Waals surface area (Å²) in [6.45, 7) is 0.825. The fraction of sp³-hybridized carbons (Fsp3) is 0.364. The number of nitro benzene ring substituents is 1. The third-order valence-corrected chi connectivity index (χ3v) is 2.20. The zero-order valence-electron chi connectivity index (χ0n) is 10.1. The van der Waals surface area contributed by atoms with Crippen LogP contribution in [0, 0.1) is 10.1 Å². The number of carboxylic acid groups (broad SMARTS) is 1. The maximum Gasteiger partial charge on any atom is 0.335 e. The number of rotatable bonds is 6. The maximum absolute atomic E-state index is 10.8. The molecule has 0 amide bonds. The minimum atomic E-state index is -1.15. The standard InChI is InChI=1S/C11H14N2O5/c1-12(2)5-6-18-10-7-8(11(14)15)3-4-9(10)13(16)17/h3-4,7H,5-6H2,1-2H3,(H,14,15). The smallest absolute Gasteiger partial charge is 0.335 e. The second-order valence-corrected chi connectivity index (χ2v) is 3.90. The quantitative estimate of drug-likeness (QED) is 0.606. The summed E-state index contributed by atoms with van der Waals surface area (Å²) in [5.74, 6) is -1.18. The molecule has 0 saturated heterocycles. The van der Waals surface area contributed by atoms with Crippen molar-refractivity contribution >= 4 is 11.7 Å². The van der Waals surface area contributed by atoms with E-state index in [1.54, 1.807) is 0 Å². The Morgan fingerprint density at radius 2 is 2.17 bits per heavy atom. The van der Waals surface area contributed by atoms with Crippen LogP contribution in [0.5, 0.6) is 5.75 Å². The Bertz CT molecular complexity index is 459. The van der Waals surface area contributed by atoms with Crippen molar-refractivity contribution in [2.24, 2.45) is 0 Å². The average Bonchev–Trinajstić information content (AvgIpc) is 2.27. The van der Waals surface area contributed by atoms with E-state index >= 15 is 0 Å². The predicted molar refractivity (Wildman–Crippen MR) is 64.1 cm³/mol. The molecule has 0 aliphatic rings. The minimum absolute atomic E-state index is 0.0262. The van der Waals surface area contributed by atoms with Crippen LogP contribution >= 0.6 is 0 Å². The molecule has 1 N–H and O–H groups in total. The van der Waals surface area contributed by atoms with Gasteiger partial charge in [-0.25, -0.2) is 4.79 Å². The van der Waals surface area contributed by atoms with Crippen LogP contribution in [0.15, 0.2) is 18.2 Å². The molecule has 0 atom stereocenters. The van der Waals surface area contributed by atoms with Gasteiger partial charge in [0.1, 0.15) is 6.61 Å².